The molecule has 1 heterocycles. The van der Waals surface area contributed by atoms with Crippen LogP contribution in [-0.2, 0) is 32.1 Å². The van der Waals surface area contributed by atoms with Gasteiger partial charge in [0.2, 0.25) is 5.75 Å². The average molecular weight is 581 g/mol. The number of methoxy groups -OCH3 is 1. The molecule has 1 amide bonds. The highest BCUT2D eigenvalue weighted by molar-refractivity contribution is 5.98. The number of rotatable bonds is 13. The molecule has 0 saturated heterocycles. The number of aromatic nitrogens is 1. The van der Waals surface area contributed by atoms with Gasteiger partial charge in [-0.1, -0.05) is 42.5 Å². The largest absolute Gasteiger partial charge is 0.493 e. The molecule has 3 rings (SSSR count). The van der Waals surface area contributed by atoms with Crippen LogP contribution in [0.3, 0.4) is 0 Å². The highest BCUT2D eigenvalue weighted by Crippen LogP contribution is 2.32. The van der Waals surface area contributed by atoms with E-state index >= 15 is 0 Å². The standard InChI is InChI=1S/C32H37FN2O7/c1-20(35-30(37)28-29(42-22(3)36)27(39-6)16-17-34-28)31(38)41-21(2)26(18-23-12-14-25(33)15-13-23)32(4,5)40-19-24-10-8-7-9-11-24/h7-17,20-21,26H,18-19H2,1-6H3,(H,35,37)/t20-,21-,26-/m0/s1. The maximum absolute atomic E-state index is 13.6. The maximum atomic E-state index is 13.6. The van der Waals surface area contributed by atoms with Crippen molar-refractivity contribution in [2.45, 2.75) is 65.4 Å². The van der Waals surface area contributed by atoms with Crippen molar-refractivity contribution in [2.24, 2.45) is 5.92 Å². The van der Waals surface area contributed by atoms with Crippen LogP contribution in [0.4, 0.5) is 4.39 Å². The second-order valence-electron chi connectivity index (χ2n) is 10.4. The Hall–Kier alpha value is -4.31. The summed E-state index contributed by atoms with van der Waals surface area (Å²) in [6, 6.07) is 16.2. The molecule has 0 aliphatic heterocycles. The molecule has 42 heavy (non-hydrogen) atoms. The minimum atomic E-state index is -1.07. The Morgan fingerprint density at radius 3 is 2.26 bits per heavy atom. The molecule has 3 atom stereocenters. The second kappa shape index (κ2) is 14.5. The predicted octanol–water partition coefficient (Wildman–Crippen LogP) is 5.06. The van der Waals surface area contributed by atoms with Crippen LogP contribution in [0, 0.1) is 11.7 Å². The van der Waals surface area contributed by atoms with E-state index in [0.717, 1.165) is 11.1 Å². The first-order valence-corrected chi connectivity index (χ1v) is 13.6. The Labute approximate surface area is 245 Å². The third kappa shape index (κ3) is 8.84. The minimum absolute atomic E-state index is 0.135. The molecule has 9 nitrogen and oxygen atoms in total. The molecule has 0 spiro atoms. The van der Waals surface area contributed by atoms with Gasteiger partial charge < -0.3 is 24.3 Å². The van der Waals surface area contributed by atoms with E-state index in [2.05, 4.69) is 10.3 Å². The molecule has 0 unspecified atom stereocenters. The number of ether oxygens (including phenoxy) is 4. The molecule has 0 aliphatic rings. The molecule has 1 aromatic heterocycles. The Bertz CT molecular complexity index is 1360. The van der Waals surface area contributed by atoms with Crippen LogP contribution < -0.4 is 14.8 Å². The number of carbonyl (C=O) groups is 3. The molecule has 0 fully saturated rings. The van der Waals surface area contributed by atoms with Crippen LogP contribution >= 0.6 is 0 Å². The van der Waals surface area contributed by atoms with E-state index in [4.69, 9.17) is 18.9 Å². The number of halogens is 1. The summed E-state index contributed by atoms with van der Waals surface area (Å²) in [5.74, 6) is -2.81. The van der Waals surface area contributed by atoms with Crippen LogP contribution in [0.5, 0.6) is 11.5 Å². The number of nitrogens with zero attached hydrogens (tertiary/aromatic N) is 1. The smallest absolute Gasteiger partial charge is 0.328 e. The molecular formula is C32H37FN2O7. The molecule has 3 aromatic rings. The van der Waals surface area contributed by atoms with Gasteiger partial charge in [-0.25, -0.2) is 14.2 Å². The summed E-state index contributed by atoms with van der Waals surface area (Å²) in [4.78, 5) is 41.8. The molecule has 1 N–H and O–H groups in total. The number of amides is 1. The van der Waals surface area contributed by atoms with Gasteiger partial charge in [0, 0.05) is 25.1 Å². The molecule has 2 aromatic carbocycles. The van der Waals surface area contributed by atoms with Gasteiger partial charge in [0.15, 0.2) is 11.4 Å². The van der Waals surface area contributed by atoms with Crippen molar-refractivity contribution in [1.29, 1.82) is 0 Å². The van der Waals surface area contributed by atoms with E-state index in [-0.39, 0.29) is 28.9 Å². The first-order chi connectivity index (χ1) is 19.9. The van der Waals surface area contributed by atoms with Crippen molar-refractivity contribution in [3.8, 4) is 11.5 Å². The zero-order valence-electron chi connectivity index (χ0n) is 24.7. The van der Waals surface area contributed by atoms with Crippen LogP contribution in [0.2, 0.25) is 0 Å². The maximum Gasteiger partial charge on any atom is 0.328 e. The van der Waals surface area contributed by atoms with E-state index in [9.17, 15) is 18.8 Å². The van der Waals surface area contributed by atoms with E-state index in [1.165, 1.54) is 45.4 Å². The lowest BCUT2D eigenvalue weighted by molar-refractivity contribution is -0.162. The van der Waals surface area contributed by atoms with Gasteiger partial charge in [-0.15, -0.1) is 0 Å². The Morgan fingerprint density at radius 2 is 1.64 bits per heavy atom. The van der Waals surface area contributed by atoms with Gasteiger partial charge in [-0.05, 0) is 57.4 Å². The molecule has 0 aliphatic carbocycles. The Kier molecular flexibility index (Phi) is 11.2. The van der Waals surface area contributed by atoms with Crippen molar-refractivity contribution in [3.05, 3.63) is 89.5 Å². The van der Waals surface area contributed by atoms with Crippen LogP contribution in [0.25, 0.3) is 0 Å². The fourth-order valence-corrected chi connectivity index (χ4v) is 4.49. The summed E-state index contributed by atoms with van der Waals surface area (Å²) in [6.45, 7) is 8.61. The first kappa shape index (κ1) is 32.2. The Balaban J connectivity index is 1.75. The van der Waals surface area contributed by atoms with Gasteiger partial charge in [0.1, 0.15) is 18.0 Å². The fourth-order valence-electron chi connectivity index (χ4n) is 4.49. The quantitative estimate of drug-likeness (QED) is 0.279. The van der Waals surface area contributed by atoms with Crippen LogP contribution in [0.1, 0.15) is 56.2 Å². The molecule has 0 bridgehead atoms. The predicted molar refractivity (Wildman–Crippen MR) is 153 cm³/mol. The number of pyridine rings is 1. The summed E-state index contributed by atoms with van der Waals surface area (Å²) in [6.07, 6.45) is 1.11. The van der Waals surface area contributed by atoms with Gasteiger partial charge in [-0.3, -0.25) is 9.59 Å². The van der Waals surface area contributed by atoms with Crippen molar-refractivity contribution in [2.75, 3.05) is 7.11 Å². The molecule has 10 heteroatoms. The molecule has 0 saturated carbocycles. The zero-order valence-corrected chi connectivity index (χ0v) is 24.7. The van der Waals surface area contributed by atoms with Gasteiger partial charge in [-0.2, -0.15) is 0 Å². The topological polar surface area (TPSA) is 113 Å². The molecule has 224 valence electrons. The average Bonchev–Trinajstić information content (AvgIpc) is 2.95. The van der Waals surface area contributed by atoms with Gasteiger partial charge in [0.25, 0.3) is 5.91 Å². The summed E-state index contributed by atoms with van der Waals surface area (Å²) >= 11 is 0. The monoisotopic (exact) mass is 580 g/mol. The number of carbonyl (C=O) groups excluding carboxylic acids is 3. The number of esters is 2. The van der Waals surface area contributed by atoms with Crippen molar-refractivity contribution >= 4 is 17.8 Å². The number of hydrogen-bond acceptors (Lipinski definition) is 8. The summed E-state index contributed by atoms with van der Waals surface area (Å²) in [7, 11) is 1.36. The number of benzene rings is 2. The second-order valence-corrected chi connectivity index (χ2v) is 10.4. The highest BCUT2D eigenvalue weighted by Gasteiger charge is 2.37. The van der Waals surface area contributed by atoms with Crippen molar-refractivity contribution < 1.29 is 37.7 Å². The molecular weight excluding hydrogens is 543 g/mol. The number of hydrogen-bond donors (Lipinski definition) is 1. The number of nitrogens with one attached hydrogen (secondary N) is 1. The van der Waals surface area contributed by atoms with Crippen molar-refractivity contribution in [3.63, 3.8) is 0 Å². The zero-order chi connectivity index (χ0) is 30.9. The van der Waals surface area contributed by atoms with E-state index in [1.54, 1.807) is 19.1 Å². The lowest BCUT2D eigenvalue weighted by Crippen LogP contribution is -2.46. The van der Waals surface area contributed by atoms with Gasteiger partial charge in [0.05, 0.1) is 19.3 Å². The summed E-state index contributed by atoms with van der Waals surface area (Å²) in [5.41, 5.74) is 0.859. The van der Waals surface area contributed by atoms with Gasteiger partial charge >= 0.3 is 11.9 Å². The summed E-state index contributed by atoms with van der Waals surface area (Å²) in [5, 5.41) is 2.55. The fraction of sp³-hybridized carbons (Fsp3) is 0.375. The third-order valence-electron chi connectivity index (χ3n) is 6.83. The van der Waals surface area contributed by atoms with Crippen molar-refractivity contribution in [1.82, 2.24) is 10.3 Å². The normalized spacial score (nSPS) is 13.4. The minimum Gasteiger partial charge on any atom is -0.493 e. The van der Waals surface area contributed by atoms with E-state index in [1.807, 2.05) is 44.2 Å². The Morgan fingerprint density at radius 1 is 0.976 bits per heavy atom. The highest BCUT2D eigenvalue weighted by atomic mass is 19.1. The van der Waals surface area contributed by atoms with Crippen LogP contribution in [-0.4, -0.2) is 47.7 Å². The van der Waals surface area contributed by atoms with Crippen LogP contribution in [0.15, 0.2) is 66.9 Å². The molecule has 0 radical (unpaired) electrons. The summed E-state index contributed by atoms with van der Waals surface area (Å²) < 4.78 is 36.1. The lowest BCUT2D eigenvalue weighted by atomic mass is 9.81. The van der Waals surface area contributed by atoms with E-state index in [0.29, 0.717) is 13.0 Å². The van der Waals surface area contributed by atoms with E-state index < -0.39 is 35.6 Å². The SMILES string of the molecule is COc1ccnc(C(=O)N[C@@H](C)C(=O)O[C@@H](C)[C@H](Cc2ccc(F)cc2)C(C)(C)OCc2ccccc2)c1OC(C)=O. The first-order valence-electron chi connectivity index (χ1n) is 13.6. The lowest BCUT2D eigenvalue weighted by Gasteiger charge is -2.38. The third-order valence-corrected chi connectivity index (χ3v) is 6.83.